The number of aryl methyl sites for hydroxylation is 2. The van der Waals surface area contributed by atoms with Crippen LogP contribution in [-0.4, -0.2) is 4.98 Å². The number of hydrogen-bond acceptors (Lipinski definition) is 1. The second-order valence-corrected chi connectivity index (χ2v) is 11.2. The Kier molecular flexibility index (Phi) is 7.93. The zero-order valence-electron chi connectivity index (χ0n) is 24.6. The quantitative estimate of drug-likeness (QED) is 0.179. The minimum absolute atomic E-state index is 0.949. The first-order chi connectivity index (χ1) is 21.8. The van der Waals surface area contributed by atoms with Crippen LogP contribution >= 0.6 is 0 Å². The highest BCUT2D eigenvalue weighted by molar-refractivity contribution is 5.89. The first-order valence-corrected chi connectivity index (χ1v) is 15.3. The number of hydrogen-bond donors (Lipinski definition) is 0. The molecule has 1 heteroatoms. The molecule has 1 nitrogen and oxygen atoms in total. The average molecular weight is 564 g/mol. The van der Waals surface area contributed by atoms with Crippen LogP contribution in [0.25, 0.3) is 55.8 Å². The van der Waals surface area contributed by atoms with E-state index in [1.165, 1.54) is 55.6 Å². The third-order valence-electron chi connectivity index (χ3n) is 8.26. The van der Waals surface area contributed by atoms with Crippen LogP contribution in [0, 0.1) is 0 Å². The predicted octanol–water partition coefficient (Wildman–Crippen LogP) is 11.2. The standard InChI is InChI=1S/C43H33N/c1-3-13-34(14-4-1)39-17-7-9-19-41(39)37-29-33(23-22-32-24-26-36(27-25-32)43-21-11-12-28-44-43)30-38(31-37)42-20-10-8-18-40(42)35-15-5-2-6-16-35/h1-21,24-31H,22-23H2. The molecule has 6 aromatic carbocycles. The summed E-state index contributed by atoms with van der Waals surface area (Å²) in [5, 5.41) is 0. The fourth-order valence-electron chi connectivity index (χ4n) is 6.02. The largest absolute Gasteiger partial charge is 0.256 e. The number of pyridine rings is 1. The maximum atomic E-state index is 4.51. The van der Waals surface area contributed by atoms with E-state index in [1.807, 2.05) is 18.3 Å². The number of benzene rings is 6. The summed E-state index contributed by atoms with van der Waals surface area (Å²) >= 11 is 0. The number of rotatable bonds is 8. The molecule has 0 spiro atoms. The van der Waals surface area contributed by atoms with Crippen LogP contribution in [0.3, 0.4) is 0 Å². The van der Waals surface area contributed by atoms with Crippen molar-refractivity contribution < 1.29 is 0 Å². The smallest absolute Gasteiger partial charge is 0.0701 e. The van der Waals surface area contributed by atoms with Crippen molar-refractivity contribution >= 4 is 0 Å². The van der Waals surface area contributed by atoms with E-state index in [1.54, 1.807) is 0 Å². The minimum Gasteiger partial charge on any atom is -0.256 e. The third-order valence-corrected chi connectivity index (χ3v) is 8.26. The van der Waals surface area contributed by atoms with Crippen molar-refractivity contribution in [3.8, 4) is 55.8 Å². The van der Waals surface area contributed by atoms with Crippen LogP contribution in [0.15, 0.2) is 176 Å². The maximum Gasteiger partial charge on any atom is 0.0701 e. The molecule has 0 saturated heterocycles. The fourth-order valence-corrected chi connectivity index (χ4v) is 6.02. The molecule has 0 aliphatic heterocycles. The van der Waals surface area contributed by atoms with Crippen molar-refractivity contribution in [2.75, 3.05) is 0 Å². The summed E-state index contributed by atoms with van der Waals surface area (Å²) in [5.74, 6) is 0. The Morgan fingerprint density at radius 2 is 0.773 bits per heavy atom. The van der Waals surface area contributed by atoms with Gasteiger partial charge in [-0.1, -0.05) is 152 Å². The molecular weight excluding hydrogens is 530 g/mol. The van der Waals surface area contributed by atoms with Gasteiger partial charge in [0.1, 0.15) is 0 Å². The van der Waals surface area contributed by atoms with Crippen molar-refractivity contribution in [2.45, 2.75) is 12.8 Å². The summed E-state index contributed by atoms with van der Waals surface area (Å²) in [6, 6.07) is 61.0. The van der Waals surface area contributed by atoms with Gasteiger partial charge in [-0.2, -0.15) is 0 Å². The summed E-state index contributed by atoms with van der Waals surface area (Å²) in [6.45, 7) is 0. The van der Waals surface area contributed by atoms with Gasteiger partial charge in [0.05, 0.1) is 5.69 Å². The molecule has 1 aromatic heterocycles. The summed E-state index contributed by atoms with van der Waals surface area (Å²) in [7, 11) is 0. The van der Waals surface area contributed by atoms with E-state index in [9.17, 15) is 0 Å². The molecule has 0 fully saturated rings. The van der Waals surface area contributed by atoms with Crippen molar-refractivity contribution in [1.82, 2.24) is 4.98 Å². The average Bonchev–Trinajstić information content (AvgIpc) is 3.12. The molecule has 0 atom stereocenters. The van der Waals surface area contributed by atoms with Gasteiger partial charge in [-0.25, -0.2) is 0 Å². The van der Waals surface area contributed by atoms with Crippen molar-refractivity contribution in [1.29, 1.82) is 0 Å². The fraction of sp³-hybridized carbons (Fsp3) is 0.0465. The highest BCUT2D eigenvalue weighted by atomic mass is 14.7. The van der Waals surface area contributed by atoms with Gasteiger partial charge in [-0.15, -0.1) is 0 Å². The van der Waals surface area contributed by atoms with Crippen molar-refractivity contribution in [2.24, 2.45) is 0 Å². The van der Waals surface area contributed by atoms with Gasteiger partial charge in [-0.05, 0) is 86.7 Å². The van der Waals surface area contributed by atoms with Crippen molar-refractivity contribution in [3.63, 3.8) is 0 Å². The predicted molar refractivity (Wildman–Crippen MR) is 185 cm³/mol. The third kappa shape index (κ3) is 6.00. The zero-order valence-corrected chi connectivity index (χ0v) is 24.6. The highest BCUT2D eigenvalue weighted by Gasteiger charge is 2.13. The van der Waals surface area contributed by atoms with Crippen molar-refractivity contribution in [3.05, 3.63) is 187 Å². The molecule has 7 aromatic rings. The van der Waals surface area contributed by atoms with Crippen LogP contribution in [0.5, 0.6) is 0 Å². The van der Waals surface area contributed by atoms with Gasteiger partial charge in [-0.3, -0.25) is 4.98 Å². The monoisotopic (exact) mass is 563 g/mol. The summed E-state index contributed by atoms with van der Waals surface area (Å²) in [6.07, 6.45) is 3.76. The van der Waals surface area contributed by atoms with Crippen LogP contribution in [0.1, 0.15) is 11.1 Å². The SMILES string of the molecule is c1ccc(-c2ccccc2-c2cc(CCc3ccc(-c4ccccn4)cc3)cc(-c3ccccc3-c3ccccc3)c2)cc1. The molecule has 0 N–H and O–H groups in total. The summed E-state index contributed by atoms with van der Waals surface area (Å²) in [5.41, 5.74) is 14.7. The second kappa shape index (κ2) is 12.8. The van der Waals surface area contributed by atoms with Gasteiger partial charge in [0, 0.05) is 11.8 Å². The molecule has 0 saturated carbocycles. The molecule has 0 aliphatic carbocycles. The Bertz CT molecular complexity index is 1870. The van der Waals surface area contributed by atoms with Crippen LogP contribution in [-0.2, 0) is 12.8 Å². The lowest BCUT2D eigenvalue weighted by Gasteiger charge is -2.16. The molecule has 1 heterocycles. The lowest BCUT2D eigenvalue weighted by Crippen LogP contribution is -1.95. The normalized spacial score (nSPS) is 10.9. The van der Waals surface area contributed by atoms with Crippen LogP contribution < -0.4 is 0 Å². The summed E-state index contributed by atoms with van der Waals surface area (Å²) in [4.78, 5) is 4.51. The Hall–Kier alpha value is -5.53. The van der Waals surface area contributed by atoms with E-state index in [0.717, 1.165) is 24.1 Å². The van der Waals surface area contributed by atoms with Gasteiger partial charge in [0.25, 0.3) is 0 Å². The van der Waals surface area contributed by atoms with E-state index in [0.29, 0.717) is 0 Å². The first kappa shape index (κ1) is 27.3. The van der Waals surface area contributed by atoms with Gasteiger partial charge >= 0.3 is 0 Å². The molecule has 210 valence electrons. The Morgan fingerprint density at radius 3 is 1.27 bits per heavy atom. The number of nitrogens with zero attached hydrogens (tertiary/aromatic N) is 1. The van der Waals surface area contributed by atoms with E-state index < -0.39 is 0 Å². The molecule has 0 radical (unpaired) electrons. The van der Waals surface area contributed by atoms with E-state index >= 15 is 0 Å². The molecular formula is C43H33N. The Balaban J connectivity index is 1.29. The summed E-state index contributed by atoms with van der Waals surface area (Å²) < 4.78 is 0. The van der Waals surface area contributed by atoms with Gasteiger partial charge in [0.2, 0.25) is 0 Å². The minimum atomic E-state index is 0.949. The zero-order chi connectivity index (χ0) is 29.6. The van der Waals surface area contributed by atoms with E-state index in [-0.39, 0.29) is 0 Å². The molecule has 7 rings (SSSR count). The highest BCUT2D eigenvalue weighted by Crippen LogP contribution is 2.38. The molecule has 0 amide bonds. The van der Waals surface area contributed by atoms with Crippen LogP contribution in [0.2, 0.25) is 0 Å². The Morgan fingerprint density at radius 1 is 0.318 bits per heavy atom. The van der Waals surface area contributed by atoms with Gasteiger partial charge < -0.3 is 0 Å². The maximum absolute atomic E-state index is 4.51. The van der Waals surface area contributed by atoms with Gasteiger partial charge in [0.15, 0.2) is 0 Å². The van der Waals surface area contributed by atoms with E-state index in [2.05, 4.69) is 163 Å². The lowest BCUT2D eigenvalue weighted by molar-refractivity contribution is 0.961. The molecule has 44 heavy (non-hydrogen) atoms. The first-order valence-electron chi connectivity index (χ1n) is 15.3. The lowest BCUT2D eigenvalue weighted by atomic mass is 9.88. The Labute approximate surface area is 260 Å². The molecule has 0 aliphatic rings. The van der Waals surface area contributed by atoms with E-state index in [4.69, 9.17) is 0 Å². The second-order valence-electron chi connectivity index (χ2n) is 11.2. The van der Waals surface area contributed by atoms with Crippen LogP contribution in [0.4, 0.5) is 0 Å². The topological polar surface area (TPSA) is 12.9 Å². The number of aromatic nitrogens is 1. The molecule has 0 bridgehead atoms. The molecule has 0 unspecified atom stereocenters.